The SMILES string of the molecule is CCOC(=O)CNCCNS(=O)(=O)c1nnc(-c2cc(Cl)ccc2Cl)s1. The summed E-state index contributed by atoms with van der Waals surface area (Å²) >= 11 is 12.9. The molecule has 0 bridgehead atoms. The third-order valence-electron chi connectivity index (χ3n) is 2.96. The molecule has 2 rings (SSSR count). The van der Waals surface area contributed by atoms with Crippen LogP contribution < -0.4 is 10.0 Å². The van der Waals surface area contributed by atoms with Gasteiger partial charge in [-0.25, -0.2) is 13.1 Å². The number of benzene rings is 1. The van der Waals surface area contributed by atoms with E-state index >= 15 is 0 Å². The van der Waals surface area contributed by atoms with E-state index in [1.165, 1.54) is 0 Å². The maximum atomic E-state index is 12.2. The molecule has 2 aromatic rings. The second-order valence-corrected chi connectivity index (χ2v) is 8.64. The lowest BCUT2D eigenvalue weighted by atomic mass is 10.2. The van der Waals surface area contributed by atoms with Crippen molar-refractivity contribution in [1.82, 2.24) is 20.2 Å². The molecule has 26 heavy (non-hydrogen) atoms. The van der Waals surface area contributed by atoms with Gasteiger partial charge in [0.25, 0.3) is 10.0 Å². The monoisotopic (exact) mass is 438 g/mol. The molecule has 0 unspecified atom stereocenters. The maximum Gasteiger partial charge on any atom is 0.319 e. The molecule has 0 fully saturated rings. The van der Waals surface area contributed by atoms with E-state index in [9.17, 15) is 13.2 Å². The standard InChI is InChI=1S/C14H16Cl2N4O4S2/c1-2-24-12(21)8-17-5-6-18-26(22,23)14-20-19-13(25-14)10-7-9(15)3-4-11(10)16/h3-4,7,17-18H,2,5-6,8H2,1H3. The first-order chi connectivity index (χ1) is 12.3. The zero-order valence-electron chi connectivity index (χ0n) is 13.7. The fourth-order valence-corrected chi connectivity index (χ4v) is 4.36. The summed E-state index contributed by atoms with van der Waals surface area (Å²) in [6, 6.07) is 4.81. The zero-order valence-corrected chi connectivity index (χ0v) is 16.8. The molecule has 12 heteroatoms. The van der Waals surface area contributed by atoms with Gasteiger partial charge < -0.3 is 10.1 Å². The van der Waals surface area contributed by atoms with Gasteiger partial charge in [0.05, 0.1) is 18.2 Å². The Morgan fingerprint density at radius 3 is 2.77 bits per heavy atom. The van der Waals surface area contributed by atoms with Crippen LogP contribution in [-0.4, -0.2) is 50.8 Å². The van der Waals surface area contributed by atoms with E-state index in [0.717, 1.165) is 11.3 Å². The zero-order chi connectivity index (χ0) is 19.2. The predicted octanol–water partition coefficient (Wildman–Crippen LogP) is 1.94. The van der Waals surface area contributed by atoms with Crippen LogP contribution in [0.2, 0.25) is 10.0 Å². The molecule has 2 N–H and O–H groups in total. The van der Waals surface area contributed by atoms with Crippen molar-refractivity contribution in [2.45, 2.75) is 11.3 Å². The number of hydrogen-bond donors (Lipinski definition) is 2. The van der Waals surface area contributed by atoms with Gasteiger partial charge in [-0.3, -0.25) is 4.79 Å². The Bertz CT molecular complexity index is 874. The average Bonchev–Trinajstić information content (AvgIpc) is 3.07. The van der Waals surface area contributed by atoms with Crippen molar-refractivity contribution in [2.24, 2.45) is 0 Å². The van der Waals surface area contributed by atoms with Gasteiger partial charge in [0.15, 0.2) is 0 Å². The Hall–Kier alpha value is -1.30. The molecule has 8 nitrogen and oxygen atoms in total. The highest BCUT2D eigenvalue weighted by Gasteiger charge is 2.21. The van der Waals surface area contributed by atoms with Crippen molar-refractivity contribution in [3.05, 3.63) is 28.2 Å². The number of carbonyl (C=O) groups is 1. The first kappa shape index (κ1) is 21.0. The first-order valence-corrected chi connectivity index (χ1v) is 10.5. The molecule has 0 spiro atoms. The van der Waals surface area contributed by atoms with Crippen LogP contribution >= 0.6 is 34.5 Å². The number of nitrogens with one attached hydrogen (secondary N) is 2. The molecule has 1 aromatic heterocycles. The van der Waals surface area contributed by atoms with Gasteiger partial charge in [-0.05, 0) is 25.1 Å². The molecular formula is C14H16Cl2N4O4S2. The van der Waals surface area contributed by atoms with E-state index in [4.69, 9.17) is 27.9 Å². The Balaban J connectivity index is 1.95. The van der Waals surface area contributed by atoms with Gasteiger partial charge >= 0.3 is 5.97 Å². The van der Waals surface area contributed by atoms with E-state index in [1.807, 2.05) is 0 Å². The Kier molecular flexibility index (Phi) is 7.74. The van der Waals surface area contributed by atoms with Crippen molar-refractivity contribution in [2.75, 3.05) is 26.2 Å². The number of rotatable bonds is 9. The minimum atomic E-state index is -3.82. The van der Waals surface area contributed by atoms with Crippen LogP contribution in [0, 0.1) is 0 Å². The third-order valence-corrected chi connectivity index (χ3v) is 6.31. The lowest BCUT2D eigenvalue weighted by Crippen LogP contribution is -2.34. The van der Waals surface area contributed by atoms with Gasteiger partial charge in [-0.1, -0.05) is 34.5 Å². The second-order valence-electron chi connectivity index (χ2n) is 4.88. The summed E-state index contributed by atoms with van der Waals surface area (Å²) in [7, 11) is -3.82. The molecule has 142 valence electrons. The minimum absolute atomic E-state index is 0.00574. The Labute approximate surface area is 164 Å². The van der Waals surface area contributed by atoms with Gasteiger partial charge in [0, 0.05) is 23.7 Å². The first-order valence-electron chi connectivity index (χ1n) is 7.48. The fourth-order valence-electron chi connectivity index (χ4n) is 1.83. The van der Waals surface area contributed by atoms with Crippen molar-refractivity contribution in [3.8, 4) is 10.6 Å². The summed E-state index contributed by atoms with van der Waals surface area (Å²) in [6.45, 7) is 2.34. The van der Waals surface area contributed by atoms with Crippen LogP contribution in [0.4, 0.5) is 0 Å². The number of aromatic nitrogens is 2. The van der Waals surface area contributed by atoms with Crippen LogP contribution in [-0.2, 0) is 19.6 Å². The number of hydrogen-bond acceptors (Lipinski definition) is 8. The van der Waals surface area contributed by atoms with E-state index in [2.05, 4.69) is 20.2 Å². The molecule has 1 heterocycles. The molecule has 0 saturated carbocycles. The van der Waals surface area contributed by atoms with Crippen molar-refractivity contribution < 1.29 is 17.9 Å². The molecule has 1 aromatic carbocycles. The largest absolute Gasteiger partial charge is 0.465 e. The summed E-state index contributed by atoms with van der Waals surface area (Å²) in [4.78, 5) is 11.2. The second kappa shape index (κ2) is 9.58. The molecule has 0 aliphatic rings. The van der Waals surface area contributed by atoms with Gasteiger partial charge in [-0.2, -0.15) is 0 Å². The van der Waals surface area contributed by atoms with Gasteiger partial charge in [-0.15, -0.1) is 10.2 Å². The number of ether oxygens (including phenoxy) is 1. The van der Waals surface area contributed by atoms with E-state index in [0.29, 0.717) is 27.2 Å². The van der Waals surface area contributed by atoms with Crippen LogP contribution in [0.1, 0.15) is 6.92 Å². The van der Waals surface area contributed by atoms with Crippen molar-refractivity contribution in [3.63, 3.8) is 0 Å². The molecule has 0 radical (unpaired) electrons. The maximum absolute atomic E-state index is 12.2. The normalized spacial score (nSPS) is 11.5. The van der Waals surface area contributed by atoms with E-state index < -0.39 is 16.0 Å². The average molecular weight is 439 g/mol. The smallest absolute Gasteiger partial charge is 0.319 e. The summed E-state index contributed by atoms with van der Waals surface area (Å²) in [5.41, 5.74) is 0.509. The third kappa shape index (κ3) is 5.86. The number of nitrogens with zero attached hydrogens (tertiary/aromatic N) is 2. The molecule has 0 aliphatic heterocycles. The molecule has 0 atom stereocenters. The summed E-state index contributed by atoms with van der Waals surface area (Å²) in [5, 5.41) is 11.5. The summed E-state index contributed by atoms with van der Waals surface area (Å²) in [6.07, 6.45) is 0. The highest BCUT2D eigenvalue weighted by molar-refractivity contribution is 7.91. The van der Waals surface area contributed by atoms with Gasteiger partial charge in [0.1, 0.15) is 5.01 Å². The topological polar surface area (TPSA) is 110 Å². The predicted molar refractivity (Wildman–Crippen MR) is 100 cm³/mol. The summed E-state index contributed by atoms with van der Waals surface area (Å²) in [5.74, 6) is -0.400. The highest BCUT2D eigenvalue weighted by atomic mass is 35.5. The number of esters is 1. The van der Waals surface area contributed by atoms with Crippen molar-refractivity contribution >= 4 is 50.5 Å². The highest BCUT2D eigenvalue weighted by Crippen LogP contribution is 2.33. The van der Waals surface area contributed by atoms with E-state index in [-0.39, 0.29) is 24.0 Å². The fraction of sp³-hybridized carbons (Fsp3) is 0.357. The Morgan fingerprint density at radius 1 is 1.27 bits per heavy atom. The minimum Gasteiger partial charge on any atom is -0.465 e. The number of halogens is 2. The Morgan fingerprint density at radius 2 is 2.04 bits per heavy atom. The van der Waals surface area contributed by atoms with Crippen LogP contribution in [0.5, 0.6) is 0 Å². The van der Waals surface area contributed by atoms with Crippen LogP contribution in [0.25, 0.3) is 10.6 Å². The molecule has 0 aliphatic carbocycles. The molecule has 0 saturated heterocycles. The summed E-state index contributed by atoms with van der Waals surface area (Å²) < 4.78 is 31.4. The number of carbonyl (C=O) groups excluding carboxylic acids is 1. The van der Waals surface area contributed by atoms with Crippen LogP contribution in [0.3, 0.4) is 0 Å². The lowest BCUT2D eigenvalue weighted by molar-refractivity contribution is -0.141. The van der Waals surface area contributed by atoms with Crippen molar-refractivity contribution in [1.29, 1.82) is 0 Å². The van der Waals surface area contributed by atoms with Crippen LogP contribution in [0.15, 0.2) is 22.5 Å². The number of sulfonamides is 1. The molecule has 0 amide bonds. The molecular weight excluding hydrogens is 423 g/mol. The quantitative estimate of drug-likeness (QED) is 0.454. The lowest BCUT2D eigenvalue weighted by Gasteiger charge is -2.05. The van der Waals surface area contributed by atoms with Gasteiger partial charge in [0.2, 0.25) is 4.34 Å². The van der Waals surface area contributed by atoms with E-state index in [1.54, 1.807) is 25.1 Å².